The van der Waals surface area contributed by atoms with Crippen molar-refractivity contribution in [2.45, 2.75) is 25.6 Å². The lowest BCUT2D eigenvalue weighted by molar-refractivity contribution is -0.0449. The smallest absolute Gasteiger partial charge is 0.261 e. The van der Waals surface area contributed by atoms with Crippen LogP contribution in [0, 0.1) is 0 Å². The molecule has 0 unspecified atom stereocenters. The molecule has 4 rings (SSSR count). The number of hydrogen-bond donors (Lipinski definition) is 1. The summed E-state index contributed by atoms with van der Waals surface area (Å²) >= 11 is 0. The number of imide groups is 1. The van der Waals surface area contributed by atoms with Crippen molar-refractivity contribution in [3.63, 3.8) is 0 Å². The predicted molar refractivity (Wildman–Crippen MR) is 128 cm³/mol. The van der Waals surface area contributed by atoms with Crippen molar-refractivity contribution < 1.29 is 19.4 Å². The summed E-state index contributed by atoms with van der Waals surface area (Å²) in [6.45, 7) is 12.7. The standard InChI is InChI=1S/C26H33N3O4/c1-4-26(2,3)33-18-20(30)17-28-13-11-27(12-14-28)15-16-29-24(31)21-9-5-7-19-8-6-10-22(23(19)21)25(29)32/h4-10,20,30H,1,11-18H2,2-3H3/t20-/m0/s1. The van der Waals surface area contributed by atoms with E-state index in [1.54, 1.807) is 18.2 Å². The van der Waals surface area contributed by atoms with Gasteiger partial charge in [-0.1, -0.05) is 30.3 Å². The molecule has 33 heavy (non-hydrogen) atoms. The van der Waals surface area contributed by atoms with Crippen molar-refractivity contribution in [2.24, 2.45) is 0 Å². The largest absolute Gasteiger partial charge is 0.389 e. The second-order valence-corrected chi connectivity index (χ2v) is 9.39. The molecule has 0 saturated carbocycles. The van der Waals surface area contributed by atoms with Gasteiger partial charge in [-0.2, -0.15) is 0 Å². The maximum atomic E-state index is 13.0. The minimum Gasteiger partial charge on any atom is -0.389 e. The summed E-state index contributed by atoms with van der Waals surface area (Å²) in [5.74, 6) is -0.429. The molecule has 0 radical (unpaired) electrons. The van der Waals surface area contributed by atoms with E-state index >= 15 is 0 Å². The summed E-state index contributed by atoms with van der Waals surface area (Å²) in [6.07, 6.45) is 1.18. The van der Waals surface area contributed by atoms with Gasteiger partial charge in [0.15, 0.2) is 0 Å². The van der Waals surface area contributed by atoms with E-state index in [9.17, 15) is 14.7 Å². The second kappa shape index (κ2) is 9.73. The van der Waals surface area contributed by atoms with E-state index in [-0.39, 0.29) is 18.4 Å². The minimum absolute atomic E-state index is 0.214. The highest BCUT2D eigenvalue weighted by Gasteiger charge is 2.33. The Hall–Kier alpha value is -2.58. The molecule has 1 saturated heterocycles. The van der Waals surface area contributed by atoms with Crippen LogP contribution in [0.2, 0.25) is 0 Å². The monoisotopic (exact) mass is 451 g/mol. The van der Waals surface area contributed by atoms with E-state index in [2.05, 4.69) is 16.4 Å². The van der Waals surface area contributed by atoms with Gasteiger partial charge in [-0.3, -0.25) is 24.3 Å². The van der Waals surface area contributed by atoms with Crippen molar-refractivity contribution in [2.75, 3.05) is 52.4 Å². The van der Waals surface area contributed by atoms with Crippen LogP contribution in [0.15, 0.2) is 49.1 Å². The summed E-state index contributed by atoms with van der Waals surface area (Å²) in [4.78, 5) is 32.0. The van der Waals surface area contributed by atoms with E-state index in [4.69, 9.17) is 4.74 Å². The average molecular weight is 452 g/mol. The predicted octanol–water partition coefficient (Wildman–Crippen LogP) is 2.40. The summed E-state index contributed by atoms with van der Waals surface area (Å²) in [7, 11) is 0. The van der Waals surface area contributed by atoms with Gasteiger partial charge in [0.2, 0.25) is 0 Å². The molecule has 1 atom stereocenters. The van der Waals surface area contributed by atoms with E-state index in [0.717, 1.165) is 37.0 Å². The van der Waals surface area contributed by atoms with Crippen LogP contribution in [0.4, 0.5) is 0 Å². The molecule has 1 N–H and O–H groups in total. The average Bonchev–Trinajstić information content (AvgIpc) is 2.82. The van der Waals surface area contributed by atoms with Gasteiger partial charge in [0.25, 0.3) is 11.8 Å². The molecule has 2 aromatic carbocycles. The molecule has 0 spiro atoms. The van der Waals surface area contributed by atoms with Gasteiger partial charge in [0.05, 0.1) is 18.3 Å². The summed E-state index contributed by atoms with van der Waals surface area (Å²) in [6, 6.07) is 11.2. The van der Waals surface area contributed by atoms with Crippen LogP contribution in [0.3, 0.4) is 0 Å². The number of carbonyl (C=O) groups excluding carboxylic acids is 2. The van der Waals surface area contributed by atoms with Crippen molar-refractivity contribution >= 4 is 22.6 Å². The van der Waals surface area contributed by atoms with Crippen molar-refractivity contribution in [3.05, 3.63) is 60.2 Å². The Kier molecular flexibility index (Phi) is 6.95. The number of rotatable bonds is 9. The number of amides is 2. The lowest BCUT2D eigenvalue weighted by Gasteiger charge is -2.37. The zero-order valence-electron chi connectivity index (χ0n) is 19.5. The van der Waals surface area contributed by atoms with Crippen LogP contribution in [0.25, 0.3) is 10.8 Å². The summed E-state index contributed by atoms with van der Waals surface area (Å²) < 4.78 is 5.70. The molecule has 2 amide bonds. The highest BCUT2D eigenvalue weighted by molar-refractivity contribution is 6.25. The Labute approximate surface area is 195 Å². The zero-order chi connectivity index (χ0) is 23.6. The van der Waals surface area contributed by atoms with E-state index < -0.39 is 11.7 Å². The Morgan fingerprint density at radius 1 is 1.00 bits per heavy atom. The first-order valence-corrected chi connectivity index (χ1v) is 11.6. The normalized spacial score (nSPS) is 18.7. The third-order valence-corrected chi connectivity index (χ3v) is 6.57. The van der Waals surface area contributed by atoms with Crippen LogP contribution in [-0.2, 0) is 4.74 Å². The molecular weight excluding hydrogens is 418 g/mol. The topological polar surface area (TPSA) is 73.3 Å². The molecule has 0 aromatic heterocycles. The first-order chi connectivity index (χ1) is 15.8. The fourth-order valence-corrected chi connectivity index (χ4v) is 4.44. The van der Waals surface area contributed by atoms with Crippen LogP contribution in [0.1, 0.15) is 34.6 Å². The summed E-state index contributed by atoms with van der Waals surface area (Å²) in [5, 5.41) is 12.0. The van der Waals surface area contributed by atoms with Gasteiger partial charge in [-0.25, -0.2) is 0 Å². The number of benzene rings is 2. The van der Waals surface area contributed by atoms with Gasteiger partial charge < -0.3 is 9.84 Å². The van der Waals surface area contributed by atoms with Crippen LogP contribution in [-0.4, -0.2) is 95.7 Å². The molecule has 2 aliphatic rings. The molecule has 7 nitrogen and oxygen atoms in total. The molecular formula is C26H33N3O4. The lowest BCUT2D eigenvalue weighted by atomic mass is 9.94. The Bertz CT molecular complexity index is 992. The fraction of sp³-hybridized carbons (Fsp3) is 0.462. The van der Waals surface area contributed by atoms with E-state index in [0.29, 0.717) is 30.8 Å². The Morgan fingerprint density at radius 3 is 2.15 bits per heavy atom. The molecule has 176 valence electrons. The Balaban J connectivity index is 1.28. The van der Waals surface area contributed by atoms with E-state index in [1.807, 2.05) is 38.1 Å². The molecule has 0 bridgehead atoms. The molecule has 1 fully saturated rings. The highest BCUT2D eigenvalue weighted by Crippen LogP contribution is 2.29. The van der Waals surface area contributed by atoms with E-state index in [1.165, 1.54) is 4.90 Å². The van der Waals surface area contributed by atoms with Gasteiger partial charge in [0.1, 0.15) is 0 Å². The number of hydrogen-bond acceptors (Lipinski definition) is 6. The first-order valence-electron chi connectivity index (χ1n) is 11.6. The van der Waals surface area contributed by atoms with Crippen LogP contribution < -0.4 is 0 Å². The molecule has 0 aliphatic carbocycles. The van der Waals surface area contributed by atoms with Crippen molar-refractivity contribution in [1.29, 1.82) is 0 Å². The third kappa shape index (κ3) is 5.17. The third-order valence-electron chi connectivity index (χ3n) is 6.57. The molecule has 7 heteroatoms. The van der Waals surface area contributed by atoms with Gasteiger partial charge in [-0.05, 0) is 31.4 Å². The summed E-state index contributed by atoms with van der Waals surface area (Å²) in [5.41, 5.74) is 0.751. The number of aliphatic hydroxyl groups is 1. The molecule has 2 aromatic rings. The number of β-amino-alcohol motifs (C(OH)–C–C–N with tert-alkyl or cyclic N) is 1. The van der Waals surface area contributed by atoms with Gasteiger partial charge in [0, 0.05) is 62.3 Å². The maximum absolute atomic E-state index is 13.0. The number of nitrogens with zero attached hydrogens (tertiary/aromatic N) is 3. The zero-order valence-corrected chi connectivity index (χ0v) is 19.5. The SMILES string of the molecule is C=CC(C)(C)OC[C@@H](O)CN1CCN(CCN2C(=O)c3cccc4cccc(c34)C2=O)CC1. The molecule has 2 heterocycles. The van der Waals surface area contributed by atoms with Gasteiger partial charge in [-0.15, -0.1) is 6.58 Å². The molecule has 2 aliphatic heterocycles. The number of aliphatic hydroxyl groups excluding tert-OH is 1. The second-order valence-electron chi connectivity index (χ2n) is 9.39. The minimum atomic E-state index is -0.554. The number of carbonyl (C=O) groups is 2. The van der Waals surface area contributed by atoms with Crippen molar-refractivity contribution in [1.82, 2.24) is 14.7 Å². The van der Waals surface area contributed by atoms with Crippen LogP contribution >= 0.6 is 0 Å². The quantitative estimate of drug-likeness (QED) is 0.466. The lowest BCUT2D eigenvalue weighted by Crippen LogP contribution is -2.51. The highest BCUT2D eigenvalue weighted by atomic mass is 16.5. The van der Waals surface area contributed by atoms with Crippen molar-refractivity contribution in [3.8, 4) is 0 Å². The maximum Gasteiger partial charge on any atom is 0.261 e. The first kappa shape index (κ1) is 23.6. The number of piperazine rings is 1. The van der Waals surface area contributed by atoms with Gasteiger partial charge >= 0.3 is 0 Å². The Morgan fingerprint density at radius 2 is 1.58 bits per heavy atom. The fourth-order valence-electron chi connectivity index (χ4n) is 4.44. The number of ether oxygens (including phenoxy) is 1. The van der Waals surface area contributed by atoms with Crippen LogP contribution in [0.5, 0.6) is 0 Å².